The summed E-state index contributed by atoms with van der Waals surface area (Å²) in [6, 6.07) is 0. The fourth-order valence-electron chi connectivity index (χ4n) is 2.31. The standard InChI is InChI=1S/C15H23NO6/c1-5-21-11(18)7-10(17)14(19)12-8(3)13(16-9(12)4)15(20)22-6-2/h10,14,16-17,19H,5-7H2,1-4H3. The Labute approximate surface area is 129 Å². The zero-order valence-corrected chi connectivity index (χ0v) is 13.3. The molecule has 7 heteroatoms. The summed E-state index contributed by atoms with van der Waals surface area (Å²) >= 11 is 0. The van der Waals surface area contributed by atoms with Gasteiger partial charge in [-0.05, 0) is 33.3 Å². The van der Waals surface area contributed by atoms with E-state index >= 15 is 0 Å². The maximum absolute atomic E-state index is 11.8. The SMILES string of the molecule is CCOC(=O)CC(O)C(O)c1c(C)[nH]c(C(=O)OCC)c1C. The number of H-pyrrole nitrogens is 1. The second-order valence-electron chi connectivity index (χ2n) is 4.91. The summed E-state index contributed by atoms with van der Waals surface area (Å²) in [6.45, 7) is 7.11. The molecule has 3 N–H and O–H groups in total. The number of carbonyl (C=O) groups is 2. The topological polar surface area (TPSA) is 109 Å². The van der Waals surface area contributed by atoms with Gasteiger partial charge in [-0.3, -0.25) is 4.79 Å². The molecule has 2 unspecified atom stereocenters. The zero-order valence-electron chi connectivity index (χ0n) is 13.3. The molecule has 22 heavy (non-hydrogen) atoms. The third-order valence-corrected chi connectivity index (χ3v) is 3.32. The first-order valence-corrected chi connectivity index (χ1v) is 7.21. The molecule has 7 nitrogen and oxygen atoms in total. The highest BCUT2D eigenvalue weighted by atomic mass is 16.5. The maximum atomic E-state index is 11.8. The lowest BCUT2D eigenvalue weighted by molar-refractivity contribution is -0.147. The van der Waals surface area contributed by atoms with E-state index in [0.29, 0.717) is 16.8 Å². The normalized spacial score (nSPS) is 13.5. The Balaban J connectivity index is 2.96. The fraction of sp³-hybridized carbons (Fsp3) is 0.600. The number of esters is 2. The van der Waals surface area contributed by atoms with Crippen LogP contribution in [0.2, 0.25) is 0 Å². The number of rotatable bonds is 7. The molecular formula is C15H23NO6. The first-order valence-electron chi connectivity index (χ1n) is 7.21. The van der Waals surface area contributed by atoms with Gasteiger partial charge in [0, 0.05) is 11.3 Å². The summed E-state index contributed by atoms with van der Waals surface area (Å²) in [7, 11) is 0. The molecule has 0 aliphatic rings. The quantitative estimate of drug-likeness (QED) is 0.652. The van der Waals surface area contributed by atoms with Crippen LogP contribution >= 0.6 is 0 Å². The van der Waals surface area contributed by atoms with Gasteiger partial charge in [-0.15, -0.1) is 0 Å². The van der Waals surface area contributed by atoms with Gasteiger partial charge >= 0.3 is 11.9 Å². The lowest BCUT2D eigenvalue weighted by Crippen LogP contribution is -2.24. The molecule has 0 fully saturated rings. The molecule has 0 saturated heterocycles. The van der Waals surface area contributed by atoms with E-state index in [2.05, 4.69) is 4.98 Å². The van der Waals surface area contributed by atoms with Gasteiger partial charge < -0.3 is 24.7 Å². The van der Waals surface area contributed by atoms with E-state index in [0.717, 1.165) is 0 Å². The van der Waals surface area contributed by atoms with Crippen LogP contribution in [-0.2, 0) is 14.3 Å². The smallest absolute Gasteiger partial charge is 0.355 e. The predicted octanol–water partition coefficient (Wildman–Crippen LogP) is 1.16. The van der Waals surface area contributed by atoms with Crippen LogP contribution in [0.15, 0.2) is 0 Å². The number of hydrogen-bond donors (Lipinski definition) is 3. The van der Waals surface area contributed by atoms with E-state index in [1.165, 1.54) is 0 Å². The van der Waals surface area contributed by atoms with Crippen molar-refractivity contribution in [2.45, 2.75) is 46.3 Å². The Hall–Kier alpha value is -1.86. The molecule has 124 valence electrons. The van der Waals surface area contributed by atoms with E-state index < -0.39 is 24.1 Å². The highest BCUT2D eigenvalue weighted by Crippen LogP contribution is 2.28. The highest BCUT2D eigenvalue weighted by molar-refractivity contribution is 5.89. The minimum absolute atomic E-state index is 0.205. The van der Waals surface area contributed by atoms with Crippen molar-refractivity contribution in [1.29, 1.82) is 0 Å². The molecule has 0 spiro atoms. The summed E-state index contributed by atoms with van der Waals surface area (Å²) in [5.41, 5.74) is 1.65. The number of nitrogens with one attached hydrogen (secondary N) is 1. The summed E-state index contributed by atoms with van der Waals surface area (Å²) in [5, 5.41) is 20.3. The van der Waals surface area contributed by atoms with E-state index in [1.807, 2.05) is 0 Å². The zero-order chi connectivity index (χ0) is 16.9. The third kappa shape index (κ3) is 4.08. The van der Waals surface area contributed by atoms with Crippen LogP contribution in [0, 0.1) is 13.8 Å². The van der Waals surface area contributed by atoms with Crippen LogP contribution in [0.3, 0.4) is 0 Å². The average Bonchev–Trinajstić information content (AvgIpc) is 2.73. The highest BCUT2D eigenvalue weighted by Gasteiger charge is 2.28. The van der Waals surface area contributed by atoms with Crippen LogP contribution in [0.1, 0.15) is 53.7 Å². The van der Waals surface area contributed by atoms with E-state index in [-0.39, 0.29) is 25.3 Å². The molecule has 0 bridgehead atoms. The summed E-state index contributed by atoms with van der Waals surface area (Å²) in [5.74, 6) is -1.12. The largest absolute Gasteiger partial charge is 0.466 e. The Morgan fingerprint density at radius 2 is 1.73 bits per heavy atom. The molecule has 0 radical (unpaired) electrons. The van der Waals surface area contributed by atoms with Crippen molar-refractivity contribution < 1.29 is 29.3 Å². The van der Waals surface area contributed by atoms with Crippen molar-refractivity contribution in [3.05, 3.63) is 22.5 Å². The first-order chi connectivity index (χ1) is 10.3. The first kappa shape index (κ1) is 18.2. The van der Waals surface area contributed by atoms with Gasteiger partial charge in [0.25, 0.3) is 0 Å². The summed E-state index contributed by atoms with van der Waals surface area (Å²) < 4.78 is 9.67. The molecule has 1 aromatic rings. The molecule has 1 aromatic heterocycles. The van der Waals surface area contributed by atoms with Gasteiger partial charge in [-0.2, -0.15) is 0 Å². The third-order valence-electron chi connectivity index (χ3n) is 3.32. The monoisotopic (exact) mass is 313 g/mol. The lowest BCUT2D eigenvalue weighted by atomic mass is 9.98. The molecule has 0 aliphatic carbocycles. The number of carbonyl (C=O) groups excluding carboxylic acids is 2. The average molecular weight is 313 g/mol. The van der Waals surface area contributed by atoms with Crippen molar-refractivity contribution in [3.63, 3.8) is 0 Å². The maximum Gasteiger partial charge on any atom is 0.355 e. The second kappa shape index (κ2) is 7.95. The van der Waals surface area contributed by atoms with Crippen molar-refractivity contribution >= 4 is 11.9 Å². The predicted molar refractivity (Wildman–Crippen MR) is 78.4 cm³/mol. The van der Waals surface area contributed by atoms with Gasteiger partial charge in [0.1, 0.15) is 11.8 Å². The molecule has 0 aliphatic heterocycles. The number of aliphatic hydroxyl groups excluding tert-OH is 2. The van der Waals surface area contributed by atoms with Gasteiger partial charge in [-0.25, -0.2) is 4.79 Å². The van der Waals surface area contributed by atoms with Crippen molar-refractivity contribution in [3.8, 4) is 0 Å². The van der Waals surface area contributed by atoms with Gasteiger partial charge in [0.2, 0.25) is 0 Å². The minimum atomic E-state index is -1.32. The number of aliphatic hydroxyl groups is 2. The number of hydrogen-bond acceptors (Lipinski definition) is 6. The van der Waals surface area contributed by atoms with Crippen molar-refractivity contribution in [1.82, 2.24) is 4.98 Å². The molecule has 1 rings (SSSR count). The van der Waals surface area contributed by atoms with Crippen LogP contribution in [0.4, 0.5) is 0 Å². The van der Waals surface area contributed by atoms with Gasteiger partial charge in [0.05, 0.1) is 25.7 Å². The fourth-order valence-corrected chi connectivity index (χ4v) is 2.31. The number of aryl methyl sites for hydroxylation is 1. The molecule has 0 aromatic carbocycles. The Kier molecular flexibility index (Phi) is 6.58. The van der Waals surface area contributed by atoms with Crippen molar-refractivity contribution in [2.75, 3.05) is 13.2 Å². The summed E-state index contributed by atoms with van der Waals surface area (Å²) in [4.78, 5) is 26.0. The molecule has 0 amide bonds. The minimum Gasteiger partial charge on any atom is -0.466 e. The number of aromatic nitrogens is 1. The Morgan fingerprint density at radius 3 is 2.27 bits per heavy atom. The summed E-state index contributed by atoms with van der Waals surface area (Å²) in [6.07, 6.45) is -2.94. The lowest BCUT2D eigenvalue weighted by Gasteiger charge is -2.18. The van der Waals surface area contributed by atoms with Crippen molar-refractivity contribution in [2.24, 2.45) is 0 Å². The molecular weight excluding hydrogens is 290 g/mol. The Bertz CT molecular complexity index is 536. The Morgan fingerprint density at radius 1 is 1.14 bits per heavy atom. The number of ether oxygens (including phenoxy) is 2. The number of aromatic amines is 1. The molecule has 0 saturated carbocycles. The van der Waals surface area contributed by atoms with Gasteiger partial charge in [-0.1, -0.05) is 0 Å². The van der Waals surface area contributed by atoms with Crippen LogP contribution in [0.25, 0.3) is 0 Å². The van der Waals surface area contributed by atoms with Gasteiger partial charge in [0.15, 0.2) is 0 Å². The van der Waals surface area contributed by atoms with Crippen LogP contribution in [0.5, 0.6) is 0 Å². The van der Waals surface area contributed by atoms with Crippen LogP contribution < -0.4 is 0 Å². The van der Waals surface area contributed by atoms with Crippen LogP contribution in [-0.4, -0.2) is 46.5 Å². The molecule has 1 heterocycles. The second-order valence-corrected chi connectivity index (χ2v) is 4.91. The van der Waals surface area contributed by atoms with E-state index in [9.17, 15) is 19.8 Å². The van der Waals surface area contributed by atoms with E-state index in [1.54, 1.807) is 27.7 Å². The van der Waals surface area contributed by atoms with E-state index in [4.69, 9.17) is 9.47 Å². The molecule has 2 atom stereocenters.